The number of nitrogens with two attached hydrogens (primary N) is 1. The van der Waals surface area contributed by atoms with Crippen molar-refractivity contribution >= 4 is 15.9 Å². The second kappa shape index (κ2) is 6.45. The lowest BCUT2D eigenvalue weighted by Gasteiger charge is -2.16. The van der Waals surface area contributed by atoms with Crippen molar-refractivity contribution in [2.24, 2.45) is 5.73 Å². The van der Waals surface area contributed by atoms with Crippen LogP contribution >= 0.6 is 15.9 Å². The Balaban J connectivity index is 2.41. The largest absolute Gasteiger partial charge is 0.497 e. The van der Waals surface area contributed by atoms with E-state index < -0.39 is 0 Å². The molecule has 0 aromatic heterocycles. The lowest BCUT2D eigenvalue weighted by Crippen LogP contribution is -2.08. The normalized spacial score (nSPS) is 12.1. The second-order valence-corrected chi connectivity index (χ2v) is 5.68. The van der Waals surface area contributed by atoms with Crippen LogP contribution in [0.1, 0.15) is 24.1 Å². The average molecular weight is 354 g/mol. The van der Waals surface area contributed by atoms with Crippen molar-refractivity contribution in [1.29, 1.82) is 0 Å². The molecule has 21 heavy (non-hydrogen) atoms. The van der Waals surface area contributed by atoms with Gasteiger partial charge in [0.2, 0.25) is 0 Å². The third-order valence-electron chi connectivity index (χ3n) is 3.14. The van der Waals surface area contributed by atoms with Crippen LogP contribution in [-0.2, 0) is 0 Å². The third-order valence-corrected chi connectivity index (χ3v) is 3.76. The van der Waals surface area contributed by atoms with E-state index in [0.29, 0.717) is 22.6 Å². The minimum atomic E-state index is -0.327. The van der Waals surface area contributed by atoms with E-state index in [1.54, 1.807) is 45.2 Å². The van der Waals surface area contributed by atoms with Gasteiger partial charge < -0.3 is 15.2 Å². The zero-order valence-electron chi connectivity index (χ0n) is 12.1. The van der Waals surface area contributed by atoms with Gasteiger partial charge in [0.1, 0.15) is 23.1 Å². The topological polar surface area (TPSA) is 44.5 Å². The SMILES string of the molecule is COc1ccc(Oc2cc(C)c(F)cc2C(C)N)c(Br)c1. The number of hydrogen-bond donors (Lipinski definition) is 1. The van der Waals surface area contributed by atoms with Crippen molar-refractivity contribution in [3.05, 3.63) is 51.7 Å². The summed E-state index contributed by atoms with van der Waals surface area (Å²) in [6.07, 6.45) is 0. The summed E-state index contributed by atoms with van der Waals surface area (Å²) >= 11 is 3.43. The van der Waals surface area contributed by atoms with Crippen LogP contribution in [0.4, 0.5) is 4.39 Å². The molecule has 2 N–H and O–H groups in total. The summed E-state index contributed by atoms with van der Waals surface area (Å²) in [6.45, 7) is 3.48. The molecule has 2 aromatic rings. The van der Waals surface area contributed by atoms with Gasteiger partial charge in [-0.05, 0) is 65.7 Å². The average Bonchev–Trinajstić information content (AvgIpc) is 2.44. The van der Waals surface area contributed by atoms with Crippen LogP contribution < -0.4 is 15.2 Å². The molecule has 0 fully saturated rings. The van der Waals surface area contributed by atoms with Crippen LogP contribution in [0.2, 0.25) is 0 Å². The first-order valence-corrected chi connectivity index (χ1v) is 7.28. The summed E-state index contributed by atoms with van der Waals surface area (Å²) in [5.41, 5.74) is 7.03. The minimum absolute atomic E-state index is 0.288. The zero-order valence-corrected chi connectivity index (χ0v) is 13.7. The Labute approximate surface area is 132 Å². The van der Waals surface area contributed by atoms with Crippen LogP contribution in [0.15, 0.2) is 34.8 Å². The highest BCUT2D eigenvalue weighted by Gasteiger charge is 2.14. The molecular formula is C16H17BrFNO2. The first kappa shape index (κ1) is 15.8. The van der Waals surface area contributed by atoms with E-state index in [-0.39, 0.29) is 11.9 Å². The maximum absolute atomic E-state index is 13.7. The molecule has 0 saturated heterocycles. The predicted octanol–water partition coefficient (Wildman–Crippen LogP) is 4.72. The lowest BCUT2D eigenvalue weighted by atomic mass is 10.1. The number of halogens is 2. The van der Waals surface area contributed by atoms with Crippen molar-refractivity contribution in [2.75, 3.05) is 7.11 Å². The Morgan fingerprint density at radius 3 is 2.48 bits per heavy atom. The van der Waals surface area contributed by atoms with Gasteiger partial charge in [-0.25, -0.2) is 4.39 Å². The van der Waals surface area contributed by atoms with E-state index in [9.17, 15) is 4.39 Å². The van der Waals surface area contributed by atoms with Gasteiger partial charge in [0.25, 0.3) is 0 Å². The molecule has 2 aromatic carbocycles. The second-order valence-electron chi connectivity index (χ2n) is 4.83. The van der Waals surface area contributed by atoms with Crippen molar-refractivity contribution in [1.82, 2.24) is 0 Å². The molecule has 0 radical (unpaired) electrons. The van der Waals surface area contributed by atoms with E-state index in [1.807, 2.05) is 0 Å². The highest BCUT2D eigenvalue weighted by atomic mass is 79.9. The number of hydrogen-bond acceptors (Lipinski definition) is 3. The smallest absolute Gasteiger partial charge is 0.141 e. The van der Waals surface area contributed by atoms with Crippen LogP contribution in [0.3, 0.4) is 0 Å². The number of ether oxygens (including phenoxy) is 2. The van der Waals surface area contributed by atoms with Crippen molar-refractivity contribution in [3.8, 4) is 17.2 Å². The molecule has 1 unspecified atom stereocenters. The zero-order chi connectivity index (χ0) is 15.6. The fraction of sp³-hybridized carbons (Fsp3) is 0.250. The van der Waals surface area contributed by atoms with E-state index >= 15 is 0 Å². The fourth-order valence-corrected chi connectivity index (χ4v) is 2.36. The van der Waals surface area contributed by atoms with Gasteiger partial charge in [-0.1, -0.05) is 0 Å². The Hall–Kier alpha value is -1.59. The molecule has 112 valence electrons. The summed E-state index contributed by atoms with van der Waals surface area (Å²) in [4.78, 5) is 0. The molecule has 5 heteroatoms. The monoisotopic (exact) mass is 353 g/mol. The van der Waals surface area contributed by atoms with E-state index in [2.05, 4.69) is 15.9 Å². The molecule has 0 spiro atoms. The molecule has 0 heterocycles. The summed E-state index contributed by atoms with van der Waals surface area (Å²) in [5, 5.41) is 0. The first-order chi connectivity index (χ1) is 9.92. The summed E-state index contributed by atoms with van der Waals surface area (Å²) in [5.74, 6) is 1.60. The summed E-state index contributed by atoms with van der Waals surface area (Å²) in [7, 11) is 1.60. The van der Waals surface area contributed by atoms with Gasteiger partial charge in [0.15, 0.2) is 0 Å². The first-order valence-electron chi connectivity index (χ1n) is 6.49. The molecule has 0 aliphatic carbocycles. The number of rotatable bonds is 4. The van der Waals surface area contributed by atoms with Crippen molar-refractivity contribution in [2.45, 2.75) is 19.9 Å². The Kier molecular flexibility index (Phi) is 4.85. The summed E-state index contributed by atoms with van der Waals surface area (Å²) < 4.78 is 25.5. The molecular weight excluding hydrogens is 337 g/mol. The molecule has 0 amide bonds. The third kappa shape index (κ3) is 3.54. The van der Waals surface area contributed by atoms with Gasteiger partial charge in [-0.15, -0.1) is 0 Å². The highest BCUT2D eigenvalue weighted by Crippen LogP contribution is 2.36. The number of benzene rings is 2. The van der Waals surface area contributed by atoms with Crippen LogP contribution in [0.5, 0.6) is 17.2 Å². The Bertz CT molecular complexity index is 659. The van der Waals surface area contributed by atoms with E-state index in [0.717, 1.165) is 10.2 Å². The van der Waals surface area contributed by atoms with Crippen molar-refractivity contribution < 1.29 is 13.9 Å². The predicted molar refractivity (Wildman–Crippen MR) is 84.5 cm³/mol. The molecule has 0 saturated carbocycles. The minimum Gasteiger partial charge on any atom is -0.497 e. The fourth-order valence-electron chi connectivity index (χ4n) is 1.92. The maximum Gasteiger partial charge on any atom is 0.141 e. The number of aryl methyl sites for hydroxylation is 1. The number of methoxy groups -OCH3 is 1. The van der Waals surface area contributed by atoms with E-state index in [1.165, 1.54) is 6.07 Å². The molecule has 0 bridgehead atoms. The van der Waals surface area contributed by atoms with Gasteiger partial charge in [-0.3, -0.25) is 0 Å². The molecule has 2 rings (SSSR count). The molecule has 0 aliphatic heterocycles. The van der Waals surface area contributed by atoms with Crippen LogP contribution in [-0.4, -0.2) is 7.11 Å². The quantitative estimate of drug-likeness (QED) is 0.864. The highest BCUT2D eigenvalue weighted by molar-refractivity contribution is 9.10. The van der Waals surface area contributed by atoms with Crippen LogP contribution in [0, 0.1) is 12.7 Å². The standard InChI is InChI=1S/C16H17BrFNO2/c1-9-6-16(12(10(2)19)8-14(9)18)21-15-5-4-11(20-3)7-13(15)17/h4-8,10H,19H2,1-3H3. The van der Waals surface area contributed by atoms with Gasteiger partial charge in [-0.2, -0.15) is 0 Å². The van der Waals surface area contributed by atoms with Gasteiger partial charge in [0.05, 0.1) is 11.6 Å². The van der Waals surface area contributed by atoms with Gasteiger partial charge in [0, 0.05) is 11.6 Å². The molecule has 3 nitrogen and oxygen atoms in total. The van der Waals surface area contributed by atoms with E-state index in [4.69, 9.17) is 15.2 Å². The Morgan fingerprint density at radius 1 is 1.19 bits per heavy atom. The maximum atomic E-state index is 13.7. The lowest BCUT2D eigenvalue weighted by molar-refractivity contribution is 0.411. The molecule has 0 aliphatic rings. The summed E-state index contributed by atoms with van der Waals surface area (Å²) in [6, 6.07) is 8.13. The van der Waals surface area contributed by atoms with Gasteiger partial charge >= 0.3 is 0 Å². The molecule has 1 atom stereocenters. The van der Waals surface area contributed by atoms with Crippen molar-refractivity contribution in [3.63, 3.8) is 0 Å². The Morgan fingerprint density at radius 2 is 1.90 bits per heavy atom. The van der Waals surface area contributed by atoms with Crippen LogP contribution in [0.25, 0.3) is 0 Å².